The summed E-state index contributed by atoms with van der Waals surface area (Å²) in [6.45, 7) is 4.14. The molecule has 0 saturated heterocycles. The van der Waals surface area contributed by atoms with Crippen LogP contribution in [0.5, 0.6) is 5.75 Å². The summed E-state index contributed by atoms with van der Waals surface area (Å²) in [5, 5.41) is 13.9. The van der Waals surface area contributed by atoms with E-state index in [-0.39, 0.29) is 5.57 Å². The van der Waals surface area contributed by atoms with Crippen LogP contribution in [0.2, 0.25) is 15.1 Å². The highest BCUT2D eigenvalue weighted by molar-refractivity contribution is 6.32. The zero-order valence-electron chi connectivity index (χ0n) is 18.1. The third kappa shape index (κ3) is 6.30. The van der Waals surface area contributed by atoms with Gasteiger partial charge in [-0.15, -0.1) is 0 Å². The van der Waals surface area contributed by atoms with Gasteiger partial charge in [0.25, 0.3) is 5.91 Å². The molecule has 0 atom stereocenters. The number of carbonyl (C=O) groups excluding carboxylic acids is 1. The van der Waals surface area contributed by atoms with Crippen molar-refractivity contribution in [3.63, 3.8) is 0 Å². The topological polar surface area (TPSA) is 62.1 Å². The van der Waals surface area contributed by atoms with E-state index in [0.29, 0.717) is 45.1 Å². The zero-order chi connectivity index (χ0) is 24.0. The number of aryl methyl sites for hydroxylation is 1. The molecule has 0 spiro atoms. The average Bonchev–Trinajstić information content (AvgIpc) is 2.78. The highest BCUT2D eigenvalue weighted by Gasteiger charge is 2.15. The van der Waals surface area contributed by atoms with Crippen LogP contribution in [0.4, 0.5) is 5.69 Å². The number of carbonyl (C=O) groups is 1. The van der Waals surface area contributed by atoms with Crippen molar-refractivity contribution in [3.8, 4) is 11.8 Å². The van der Waals surface area contributed by atoms with Crippen molar-refractivity contribution in [1.29, 1.82) is 5.26 Å². The van der Waals surface area contributed by atoms with Crippen LogP contribution in [0.25, 0.3) is 6.08 Å². The number of hydrogen-bond acceptors (Lipinski definition) is 3. The molecule has 0 unspecified atom stereocenters. The van der Waals surface area contributed by atoms with E-state index in [0.717, 1.165) is 16.7 Å². The number of nitrogens with one attached hydrogen (secondary N) is 1. The zero-order valence-corrected chi connectivity index (χ0v) is 20.4. The molecule has 0 aliphatic heterocycles. The van der Waals surface area contributed by atoms with Crippen LogP contribution in [0.15, 0.2) is 60.2 Å². The number of amides is 1. The van der Waals surface area contributed by atoms with E-state index in [1.807, 2.05) is 44.2 Å². The van der Waals surface area contributed by atoms with Gasteiger partial charge in [0.05, 0.1) is 6.61 Å². The maximum atomic E-state index is 12.7. The molecule has 0 aromatic heterocycles. The molecule has 0 heterocycles. The van der Waals surface area contributed by atoms with Crippen LogP contribution < -0.4 is 10.1 Å². The number of benzene rings is 3. The van der Waals surface area contributed by atoms with Crippen LogP contribution in [-0.2, 0) is 11.2 Å². The van der Waals surface area contributed by atoms with Crippen LogP contribution in [-0.4, -0.2) is 12.5 Å². The molecule has 1 N–H and O–H groups in total. The van der Waals surface area contributed by atoms with E-state index >= 15 is 0 Å². The van der Waals surface area contributed by atoms with Crippen molar-refractivity contribution < 1.29 is 9.53 Å². The van der Waals surface area contributed by atoms with Crippen LogP contribution in [0.3, 0.4) is 0 Å². The van der Waals surface area contributed by atoms with E-state index in [9.17, 15) is 10.1 Å². The third-order valence-corrected chi connectivity index (χ3v) is 5.87. The number of rotatable bonds is 7. The van der Waals surface area contributed by atoms with Crippen molar-refractivity contribution in [2.75, 3.05) is 11.9 Å². The minimum absolute atomic E-state index is 0.0771. The lowest BCUT2D eigenvalue weighted by Crippen LogP contribution is -2.14. The molecule has 0 fully saturated rings. The van der Waals surface area contributed by atoms with Crippen molar-refractivity contribution in [3.05, 3.63) is 97.5 Å². The quantitative estimate of drug-likeness (QED) is 0.270. The molecule has 7 heteroatoms. The Morgan fingerprint density at radius 1 is 1.09 bits per heavy atom. The highest BCUT2D eigenvalue weighted by Crippen LogP contribution is 2.33. The average molecular weight is 500 g/mol. The second-order valence-electron chi connectivity index (χ2n) is 7.26. The van der Waals surface area contributed by atoms with Gasteiger partial charge in [-0.1, -0.05) is 59.1 Å². The summed E-state index contributed by atoms with van der Waals surface area (Å²) in [5.41, 5.74) is 3.56. The predicted octanol–water partition coefficient (Wildman–Crippen LogP) is 7.49. The van der Waals surface area contributed by atoms with Gasteiger partial charge in [0.15, 0.2) is 0 Å². The maximum Gasteiger partial charge on any atom is 0.266 e. The molecule has 33 heavy (non-hydrogen) atoms. The van der Waals surface area contributed by atoms with Gasteiger partial charge < -0.3 is 10.1 Å². The van der Waals surface area contributed by atoms with Gasteiger partial charge in [0.1, 0.15) is 17.4 Å². The Morgan fingerprint density at radius 3 is 2.55 bits per heavy atom. The molecule has 1 amide bonds. The summed E-state index contributed by atoms with van der Waals surface area (Å²) in [5.74, 6) is 0.0247. The molecule has 3 aromatic rings. The van der Waals surface area contributed by atoms with E-state index in [2.05, 4.69) is 5.32 Å². The van der Waals surface area contributed by atoms with Crippen molar-refractivity contribution >= 4 is 52.5 Å². The first kappa shape index (κ1) is 24.7. The summed E-state index contributed by atoms with van der Waals surface area (Å²) in [6.07, 6.45) is 1.96. The maximum absolute atomic E-state index is 12.7. The largest absolute Gasteiger partial charge is 0.494 e. The Labute approximate surface area is 208 Å². The Morgan fingerprint density at radius 2 is 1.85 bits per heavy atom. The lowest BCUT2D eigenvalue weighted by atomic mass is 10.0. The number of anilines is 1. The fraction of sp³-hybridized carbons (Fsp3) is 0.154. The standard InChI is InChI=1S/C26H21Cl3N2O2/c1-3-33-25-12-17(11-23(29)21(25)13-18-6-4-5-7-22(18)28)10-19(15-30)26(32)31-24-14-20(27)9-8-16(24)2/h4-12,14H,3,13H2,1-2H3,(H,31,32)/b19-10+. The number of nitriles is 1. The molecule has 3 rings (SSSR count). The first-order chi connectivity index (χ1) is 15.8. The Hall–Kier alpha value is -2.97. The lowest BCUT2D eigenvalue weighted by molar-refractivity contribution is -0.112. The molecule has 0 saturated carbocycles. The molecule has 0 aliphatic rings. The molecule has 3 aromatic carbocycles. The first-order valence-electron chi connectivity index (χ1n) is 10.2. The first-order valence-corrected chi connectivity index (χ1v) is 11.3. The summed E-state index contributed by atoms with van der Waals surface area (Å²) in [6, 6.07) is 18.1. The van der Waals surface area contributed by atoms with Crippen LogP contribution in [0, 0.1) is 18.3 Å². The lowest BCUT2D eigenvalue weighted by Gasteiger charge is -2.14. The number of hydrogen-bond donors (Lipinski definition) is 1. The van der Waals surface area contributed by atoms with Crippen LogP contribution >= 0.6 is 34.8 Å². The van der Waals surface area contributed by atoms with E-state index < -0.39 is 5.91 Å². The number of ether oxygens (including phenoxy) is 1. The van der Waals surface area contributed by atoms with E-state index in [4.69, 9.17) is 39.5 Å². The minimum Gasteiger partial charge on any atom is -0.494 e. The molecular weight excluding hydrogens is 479 g/mol. The molecular formula is C26H21Cl3N2O2. The number of halogens is 3. The van der Waals surface area contributed by atoms with E-state index in [1.165, 1.54) is 6.08 Å². The van der Waals surface area contributed by atoms with Crippen molar-refractivity contribution in [2.24, 2.45) is 0 Å². The smallest absolute Gasteiger partial charge is 0.266 e. The molecule has 0 radical (unpaired) electrons. The second kappa shape index (κ2) is 11.2. The van der Waals surface area contributed by atoms with Gasteiger partial charge >= 0.3 is 0 Å². The Balaban J connectivity index is 1.94. The van der Waals surface area contributed by atoms with Gasteiger partial charge in [-0.25, -0.2) is 0 Å². The summed E-state index contributed by atoms with van der Waals surface area (Å²) >= 11 is 18.9. The van der Waals surface area contributed by atoms with Crippen molar-refractivity contribution in [1.82, 2.24) is 0 Å². The monoisotopic (exact) mass is 498 g/mol. The summed E-state index contributed by atoms with van der Waals surface area (Å²) < 4.78 is 5.82. The predicted molar refractivity (Wildman–Crippen MR) is 135 cm³/mol. The highest BCUT2D eigenvalue weighted by atomic mass is 35.5. The molecule has 4 nitrogen and oxygen atoms in total. The van der Waals surface area contributed by atoms with Gasteiger partial charge in [0.2, 0.25) is 0 Å². The minimum atomic E-state index is -0.544. The van der Waals surface area contributed by atoms with Gasteiger partial charge in [0, 0.05) is 32.7 Å². The van der Waals surface area contributed by atoms with Crippen LogP contribution in [0.1, 0.15) is 29.2 Å². The molecule has 0 aliphatic carbocycles. The summed E-state index contributed by atoms with van der Waals surface area (Å²) in [7, 11) is 0. The van der Waals surface area contributed by atoms with Gasteiger partial charge in [-0.2, -0.15) is 5.26 Å². The fourth-order valence-corrected chi connectivity index (χ4v) is 3.90. The summed E-state index contributed by atoms with van der Waals surface area (Å²) in [4.78, 5) is 12.7. The normalized spacial score (nSPS) is 11.1. The Kier molecular flexibility index (Phi) is 8.41. The van der Waals surface area contributed by atoms with Crippen molar-refractivity contribution in [2.45, 2.75) is 20.3 Å². The number of nitrogens with zero attached hydrogens (tertiary/aromatic N) is 1. The fourth-order valence-electron chi connectivity index (χ4n) is 3.24. The Bertz CT molecular complexity index is 1260. The van der Waals surface area contributed by atoms with Gasteiger partial charge in [-0.3, -0.25) is 4.79 Å². The second-order valence-corrected chi connectivity index (χ2v) is 8.51. The molecule has 0 bridgehead atoms. The van der Waals surface area contributed by atoms with Gasteiger partial charge in [-0.05, 0) is 66.9 Å². The molecule has 168 valence electrons. The SMILES string of the molecule is CCOc1cc(/C=C(\C#N)C(=O)Nc2cc(Cl)ccc2C)cc(Cl)c1Cc1ccccc1Cl. The van der Waals surface area contributed by atoms with E-state index in [1.54, 1.807) is 30.3 Å². The third-order valence-electron chi connectivity index (χ3n) is 4.93.